The van der Waals surface area contributed by atoms with Gasteiger partial charge in [-0.25, -0.2) is 8.78 Å². The molecule has 0 aliphatic carbocycles. The molecule has 4 heteroatoms. The van der Waals surface area contributed by atoms with E-state index in [1.165, 1.54) is 6.07 Å². The van der Waals surface area contributed by atoms with Gasteiger partial charge in [-0.2, -0.15) is 0 Å². The number of halogens is 2. The van der Waals surface area contributed by atoms with Crippen molar-refractivity contribution in [1.82, 2.24) is 0 Å². The first kappa shape index (κ1) is 14.1. The molecule has 2 unspecified atom stereocenters. The molecular formula is C13H19F2NO. The van der Waals surface area contributed by atoms with Crippen molar-refractivity contribution in [1.29, 1.82) is 0 Å². The average Bonchev–Trinajstić information content (AvgIpc) is 2.30. The highest BCUT2D eigenvalue weighted by Gasteiger charge is 2.18. The van der Waals surface area contributed by atoms with Crippen LogP contribution in [0.2, 0.25) is 0 Å². The minimum Gasteiger partial charge on any atom is -0.377 e. The lowest BCUT2D eigenvalue weighted by Crippen LogP contribution is -2.38. The summed E-state index contributed by atoms with van der Waals surface area (Å²) in [5.41, 5.74) is 6.25. The van der Waals surface area contributed by atoms with Crippen LogP contribution in [0, 0.1) is 11.6 Å². The van der Waals surface area contributed by atoms with Crippen molar-refractivity contribution in [3.8, 4) is 0 Å². The van der Waals surface area contributed by atoms with E-state index in [1.807, 2.05) is 13.8 Å². The van der Waals surface area contributed by atoms with Crippen molar-refractivity contribution in [2.75, 3.05) is 6.61 Å². The molecule has 0 aliphatic rings. The molecule has 0 aliphatic heterocycles. The number of hydrogen-bond acceptors (Lipinski definition) is 2. The zero-order chi connectivity index (χ0) is 12.8. The first-order valence-corrected chi connectivity index (χ1v) is 5.89. The third-order valence-electron chi connectivity index (χ3n) is 2.72. The SMILES string of the molecule is CCOC(CC)C(N)Cc1cc(F)ccc1F. The molecule has 0 amide bonds. The average molecular weight is 243 g/mol. The summed E-state index contributed by atoms with van der Waals surface area (Å²) in [5, 5.41) is 0. The van der Waals surface area contributed by atoms with Crippen LogP contribution in [0.25, 0.3) is 0 Å². The lowest BCUT2D eigenvalue weighted by molar-refractivity contribution is 0.0415. The number of nitrogens with two attached hydrogens (primary N) is 1. The minimum atomic E-state index is -0.446. The zero-order valence-corrected chi connectivity index (χ0v) is 10.2. The monoisotopic (exact) mass is 243 g/mol. The molecule has 0 aromatic heterocycles. The summed E-state index contributed by atoms with van der Waals surface area (Å²) in [7, 11) is 0. The van der Waals surface area contributed by atoms with Crippen molar-refractivity contribution in [3.63, 3.8) is 0 Å². The smallest absolute Gasteiger partial charge is 0.126 e. The lowest BCUT2D eigenvalue weighted by Gasteiger charge is -2.22. The van der Waals surface area contributed by atoms with Crippen LogP contribution in [0.3, 0.4) is 0 Å². The first-order valence-electron chi connectivity index (χ1n) is 5.89. The summed E-state index contributed by atoms with van der Waals surface area (Å²) in [5.74, 6) is -0.869. The van der Waals surface area contributed by atoms with E-state index in [1.54, 1.807) is 0 Å². The first-order chi connectivity index (χ1) is 8.08. The van der Waals surface area contributed by atoms with Crippen molar-refractivity contribution in [2.45, 2.75) is 38.8 Å². The molecule has 0 saturated heterocycles. The van der Waals surface area contributed by atoms with Crippen LogP contribution < -0.4 is 5.73 Å². The van der Waals surface area contributed by atoms with Crippen molar-refractivity contribution in [3.05, 3.63) is 35.4 Å². The number of hydrogen-bond donors (Lipinski definition) is 1. The highest BCUT2D eigenvalue weighted by atomic mass is 19.1. The molecule has 0 spiro atoms. The van der Waals surface area contributed by atoms with E-state index in [9.17, 15) is 8.78 Å². The third kappa shape index (κ3) is 4.06. The largest absolute Gasteiger partial charge is 0.377 e. The van der Waals surface area contributed by atoms with Crippen molar-refractivity contribution in [2.24, 2.45) is 5.73 Å². The predicted molar refractivity (Wildman–Crippen MR) is 63.7 cm³/mol. The van der Waals surface area contributed by atoms with E-state index in [4.69, 9.17) is 10.5 Å². The van der Waals surface area contributed by atoms with E-state index >= 15 is 0 Å². The third-order valence-corrected chi connectivity index (χ3v) is 2.72. The maximum atomic E-state index is 13.4. The standard InChI is InChI=1S/C13H19F2NO/c1-3-13(17-4-2)12(16)8-9-7-10(14)5-6-11(9)15/h5-7,12-13H,3-4,8,16H2,1-2H3. The maximum absolute atomic E-state index is 13.4. The molecule has 0 saturated carbocycles. The Hall–Kier alpha value is -1.00. The van der Waals surface area contributed by atoms with Gasteiger partial charge in [-0.05, 0) is 43.5 Å². The Bertz CT molecular complexity index is 357. The Kier molecular flexibility index (Phi) is 5.51. The van der Waals surface area contributed by atoms with Crippen LogP contribution in [0.1, 0.15) is 25.8 Å². The summed E-state index contributed by atoms with van der Waals surface area (Å²) in [6, 6.07) is 3.09. The van der Waals surface area contributed by atoms with Gasteiger partial charge in [-0.1, -0.05) is 6.92 Å². The highest BCUT2D eigenvalue weighted by Crippen LogP contribution is 2.14. The van der Waals surface area contributed by atoms with E-state index in [0.29, 0.717) is 12.2 Å². The fraction of sp³-hybridized carbons (Fsp3) is 0.538. The fourth-order valence-electron chi connectivity index (χ4n) is 1.84. The Morgan fingerprint density at radius 3 is 2.59 bits per heavy atom. The van der Waals surface area contributed by atoms with Gasteiger partial charge in [0.15, 0.2) is 0 Å². The van der Waals surface area contributed by atoms with Crippen molar-refractivity contribution >= 4 is 0 Å². The topological polar surface area (TPSA) is 35.2 Å². The fourth-order valence-corrected chi connectivity index (χ4v) is 1.84. The van der Waals surface area contributed by atoms with E-state index < -0.39 is 11.6 Å². The molecule has 1 aromatic rings. The zero-order valence-electron chi connectivity index (χ0n) is 10.2. The Morgan fingerprint density at radius 2 is 2.00 bits per heavy atom. The minimum absolute atomic E-state index is 0.123. The molecule has 0 radical (unpaired) electrons. The predicted octanol–water partition coefficient (Wildman–Crippen LogP) is 2.65. The van der Waals surface area contributed by atoms with Crippen LogP contribution in [0.15, 0.2) is 18.2 Å². The van der Waals surface area contributed by atoms with Crippen LogP contribution in [0.5, 0.6) is 0 Å². The highest BCUT2D eigenvalue weighted by molar-refractivity contribution is 5.20. The van der Waals surface area contributed by atoms with Gasteiger partial charge in [0.2, 0.25) is 0 Å². The van der Waals surface area contributed by atoms with E-state index in [2.05, 4.69) is 0 Å². The summed E-state index contributed by atoms with van der Waals surface area (Å²) >= 11 is 0. The second-order valence-corrected chi connectivity index (χ2v) is 4.01. The van der Waals surface area contributed by atoms with Crippen LogP contribution in [-0.4, -0.2) is 18.8 Å². The Balaban J connectivity index is 2.72. The van der Waals surface area contributed by atoms with E-state index in [-0.39, 0.29) is 18.6 Å². The number of rotatable bonds is 6. The summed E-state index contributed by atoms with van der Waals surface area (Å²) < 4.78 is 31.9. The molecule has 17 heavy (non-hydrogen) atoms. The number of benzene rings is 1. The van der Waals surface area contributed by atoms with Gasteiger partial charge in [0.25, 0.3) is 0 Å². The van der Waals surface area contributed by atoms with Crippen LogP contribution in [-0.2, 0) is 11.2 Å². The Morgan fingerprint density at radius 1 is 1.29 bits per heavy atom. The molecule has 1 rings (SSSR count). The second kappa shape index (κ2) is 6.67. The van der Waals surface area contributed by atoms with E-state index in [0.717, 1.165) is 18.6 Å². The lowest BCUT2D eigenvalue weighted by atomic mass is 10.00. The quantitative estimate of drug-likeness (QED) is 0.833. The molecule has 0 fully saturated rings. The molecule has 0 heterocycles. The number of ether oxygens (including phenoxy) is 1. The summed E-state index contributed by atoms with van der Waals surface area (Å²) in [6.45, 7) is 4.41. The van der Waals surface area contributed by atoms with Crippen LogP contribution >= 0.6 is 0 Å². The molecule has 2 atom stereocenters. The normalized spacial score (nSPS) is 14.6. The van der Waals surface area contributed by atoms with Gasteiger partial charge in [-0.3, -0.25) is 0 Å². The van der Waals surface area contributed by atoms with Gasteiger partial charge >= 0.3 is 0 Å². The summed E-state index contributed by atoms with van der Waals surface area (Å²) in [4.78, 5) is 0. The van der Waals surface area contributed by atoms with Gasteiger partial charge in [0.05, 0.1) is 6.10 Å². The summed E-state index contributed by atoms with van der Waals surface area (Å²) in [6.07, 6.45) is 0.913. The van der Waals surface area contributed by atoms with Gasteiger partial charge in [0, 0.05) is 12.6 Å². The van der Waals surface area contributed by atoms with Gasteiger partial charge in [0.1, 0.15) is 11.6 Å². The maximum Gasteiger partial charge on any atom is 0.126 e. The molecule has 0 bridgehead atoms. The van der Waals surface area contributed by atoms with Gasteiger partial charge in [-0.15, -0.1) is 0 Å². The van der Waals surface area contributed by atoms with Gasteiger partial charge < -0.3 is 10.5 Å². The molecule has 1 aromatic carbocycles. The van der Waals surface area contributed by atoms with Crippen molar-refractivity contribution < 1.29 is 13.5 Å². The van der Waals surface area contributed by atoms with Crippen LogP contribution in [0.4, 0.5) is 8.78 Å². The molecule has 2 N–H and O–H groups in total. The molecular weight excluding hydrogens is 224 g/mol. The Labute approximate surface area is 101 Å². The molecule has 96 valence electrons. The molecule has 2 nitrogen and oxygen atoms in total. The second-order valence-electron chi connectivity index (χ2n) is 4.01.